The SMILES string of the molecule is CCCn1nccc1C(N)CC1CCOC1. The van der Waals surface area contributed by atoms with Gasteiger partial charge in [0.1, 0.15) is 0 Å². The van der Waals surface area contributed by atoms with Crippen LogP contribution in [0.3, 0.4) is 0 Å². The molecule has 0 saturated carbocycles. The van der Waals surface area contributed by atoms with E-state index in [4.69, 9.17) is 10.5 Å². The Kier molecular flexibility index (Phi) is 3.96. The summed E-state index contributed by atoms with van der Waals surface area (Å²) in [5.74, 6) is 0.625. The summed E-state index contributed by atoms with van der Waals surface area (Å²) in [6.45, 7) is 4.88. The molecule has 2 heterocycles. The van der Waals surface area contributed by atoms with E-state index in [9.17, 15) is 0 Å². The smallest absolute Gasteiger partial charge is 0.0551 e. The highest BCUT2D eigenvalue weighted by molar-refractivity contribution is 5.06. The number of hydrogen-bond acceptors (Lipinski definition) is 3. The Morgan fingerprint density at radius 3 is 3.25 bits per heavy atom. The van der Waals surface area contributed by atoms with Gasteiger partial charge in [0.2, 0.25) is 0 Å². The maximum Gasteiger partial charge on any atom is 0.0551 e. The van der Waals surface area contributed by atoms with E-state index in [1.165, 1.54) is 0 Å². The lowest BCUT2D eigenvalue weighted by molar-refractivity contribution is 0.182. The highest BCUT2D eigenvalue weighted by Gasteiger charge is 2.21. The molecule has 0 aromatic carbocycles. The van der Waals surface area contributed by atoms with Crippen LogP contribution in [-0.2, 0) is 11.3 Å². The molecule has 0 spiro atoms. The molecular formula is C12H21N3O. The highest BCUT2D eigenvalue weighted by atomic mass is 16.5. The molecule has 0 bridgehead atoms. The van der Waals surface area contributed by atoms with Crippen molar-refractivity contribution < 1.29 is 4.74 Å². The van der Waals surface area contributed by atoms with Crippen molar-refractivity contribution in [2.24, 2.45) is 11.7 Å². The molecule has 1 aliphatic rings. The number of hydrogen-bond donors (Lipinski definition) is 1. The minimum Gasteiger partial charge on any atom is -0.381 e. The molecule has 2 atom stereocenters. The summed E-state index contributed by atoms with van der Waals surface area (Å²) in [5.41, 5.74) is 7.39. The van der Waals surface area contributed by atoms with Crippen molar-refractivity contribution in [1.29, 1.82) is 0 Å². The Bertz CT molecular complexity index is 318. The van der Waals surface area contributed by atoms with E-state index in [-0.39, 0.29) is 6.04 Å². The first-order chi connectivity index (χ1) is 7.81. The van der Waals surface area contributed by atoms with E-state index < -0.39 is 0 Å². The van der Waals surface area contributed by atoms with Gasteiger partial charge in [-0.1, -0.05) is 6.92 Å². The van der Waals surface area contributed by atoms with E-state index in [0.717, 1.165) is 44.7 Å². The average molecular weight is 223 g/mol. The first-order valence-corrected chi connectivity index (χ1v) is 6.16. The molecule has 1 aliphatic heterocycles. The molecule has 0 radical (unpaired) electrons. The number of nitrogens with two attached hydrogens (primary N) is 1. The number of aromatic nitrogens is 2. The van der Waals surface area contributed by atoms with Crippen LogP contribution in [0.4, 0.5) is 0 Å². The quantitative estimate of drug-likeness (QED) is 0.827. The van der Waals surface area contributed by atoms with Gasteiger partial charge in [-0.2, -0.15) is 5.10 Å². The van der Waals surface area contributed by atoms with Crippen LogP contribution in [0.1, 0.15) is 37.9 Å². The minimum absolute atomic E-state index is 0.0979. The minimum atomic E-state index is 0.0979. The van der Waals surface area contributed by atoms with Crippen LogP contribution in [0, 0.1) is 5.92 Å². The number of ether oxygens (including phenoxy) is 1. The van der Waals surface area contributed by atoms with Gasteiger partial charge >= 0.3 is 0 Å². The van der Waals surface area contributed by atoms with Gasteiger partial charge in [-0.25, -0.2) is 0 Å². The summed E-state index contributed by atoms with van der Waals surface area (Å²) in [7, 11) is 0. The molecule has 1 aromatic heterocycles. The monoisotopic (exact) mass is 223 g/mol. The zero-order valence-corrected chi connectivity index (χ0v) is 9.93. The molecule has 1 fully saturated rings. The van der Waals surface area contributed by atoms with Crippen LogP contribution in [0.2, 0.25) is 0 Å². The van der Waals surface area contributed by atoms with Gasteiger partial charge < -0.3 is 10.5 Å². The lowest BCUT2D eigenvalue weighted by Crippen LogP contribution is -2.19. The maximum atomic E-state index is 6.23. The molecule has 1 saturated heterocycles. The normalized spacial score (nSPS) is 22.5. The van der Waals surface area contributed by atoms with Crippen molar-refractivity contribution >= 4 is 0 Å². The summed E-state index contributed by atoms with van der Waals surface area (Å²) in [5, 5.41) is 4.31. The van der Waals surface area contributed by atoms with Gasteiger partial charge in [0.15, 0.2) is 0 Å². The molecule has 90 valence electrons. The molecule has 2 N–H and O–H groups in total. The van der Waals surface area contributed by atoms with Gasteiger partial charge in [-0.05, 0) is 31.2 Å². The fourth-order valence-corrected chi connectivity index (χ4v) is 2.31. The zero-order chi connectivity index (χ0) is 11.4. The molecule has 4 nitrogen and oxygen atoms in total. The number of rotatable bonds is 5. The van der Waals surface area contributed by atoms with Crippen LogP contribution < -0.4 is 5.73 Å². The van der Waals surface area contributed by atoms with Crippen LogP contribution >= 0.6 is 0 Å². The molecule has 0 amide bonds. The second-order valence-corrected chi connectivity index (χ2v) is 4.55. The van der Waals surface area contributed by atoms with E-state index in [0.29, 0.717) is 5.92 Å². The lowest BCUT2D eigenvalue weighted by Gasteiger charge is -2.16. The predicted octanol–water partition coefficient (Wildman–Crippen LogP) is 1.72. The lowest BCUT2D eigenvalue weighted by atomic mass is 9.98. The molecule has 2 unspecified atom stereocenters. The van der Waals surface area contributed by atoms with Crippen molar-refractivity contribution in [1.82, 2.24) is 9.78 Å². The molecular weight excluding hydrogens is 202 g/mol. The number of nitrogens with zero attached hydrogens (tertiary/aromatic N) is 2. The van der Waals surface area contributed by atoms with Gasteiger partial charge in [0.05, 0.1) is 5.69 Å². The van der Waals surface area contributed by atoms with Crippen molar-refractivity contribution in [3.05, 3.63) is 18.0 Å². The van der Waals surface area contributed by atoms with Crippen LogP contribution in [0.5, 0.6) is 0 Å². The van der Waals surface area contributed by atoms with E-state index in [1.54, 1.807) is 0 Å². The third-order valence-electron chi connectivity index (χ3n) is 3.18. The maximum absolute atomic E-state index is 6.23. The zero-order valence-electron chi connectivity index (χ0n) is 9.93. The van der Waals surface area contributed by atoms with Crippen LogP contribution in [0.15, 0.2) is 12.3 Å². The fourth-order valence-electron chi connectivity index (χ4n) is 2.31. The molecule has 2 rings (SSSR count). The number of aryl methyl sites for hydroxylation is 1. The van der Waals surface area contributed by atoms with Crippen molar-refractivity contribution in [2.75, 3.05) is 13.2 Å². The Morgan fingerprint density at radius 1 is 1.69 bits per heavy atom. The van der Waals surface area contributed by atoms with E-state index in [2.05, 4.69) is 12.0 Å². The van der Waals surface area contributed by atoms with Gasteiger partial charge in [0, 0.05) is 32.0 Å². The van der Waals surface area contributed by atoms with Crippen molar-refractivity contribution in [3.8, 4) is 0 Å². The second-order valence-electron chi connectivity index (χ2n) is 4.55. The Labute approximate surface area is 96.8 Å². The summed E-state index contributed by atoms with van der Waals surface area (Å²) in [4.78, 5) is 0. The molecule has 4 heteroatoms. The summed E-state index contributed by atoms with van der Waals surface area (Å²) in [6.07, 6.45) is 5.09. The molecule has 16 heavy (non-hydrogen) atoms. The summed E-state index contributed by atoms with van der Waals surface area (Å²) in [6, 6.07) is 2.14. The van der Waals surface area contributed by atoms with Crippen LogP contribution in [-0.4, -0.2) is 23.0 Å². The van der Waals surface area contributed by atoms with Gasteiger partial charge in [-0.15, -0.1) is 0 Å². The average Bonchev–Trinajstić information content (AvgIpc) is 2.89. The molecule has 1 aromatic rings. The predicted molar refractivity (Wildman–Crippen MR) is 63.0 cm³/mol. The first-order valence-electron chi connectivity index (χ1n) is 6.16. The fraction of sp³-hybridized carbons (Fsp3) is 0.750. The first kappa shape index (κ1) is 11.6. The van der Waals surface area contributed by atoms with Crippen LogP contribution in [0.25, 0.3) is 0 Å². The highest BCUT2D eigenvalue weighted by Crippen LogP contribution is 2.24. The second kappa shape index (κ2) is 5.46. The van der Waals surface area contributed by atoms with Gasteiger partial charge in [-0.3, -0.25) is 4.68 Å². The van der Waals surface area contributed by atoms with Crippen molar-refractivity contribution in [3.63, 3.8) is 0 Å². The Morgan fingerprint density at radius 2 is 2.56 bits per heavy atom. The largest absolute Gasteiger partial charge is 0.381 e. The summed E-state index contributed by atoms with van der Waals surface area (Å²) < 4.78 is 7.40. The summed E-state index contributed by atoms with van der Waals surface area (Å²) >= 11 is 0. The third kappa shape index (κ3) is 2.62. The Hall–Kier alpha value is -0.870. The van der Waals surface area contributed by atoms with E-state index in [1.807, 2.05) is 16.9 Å². The van der Waals surface area contributed by atoms with Gasteiger partial charge in [0.25, 0.3) is 0 Å². The standard InChI is InChI=1S/C12H21N3O/c1-2-6-15-12(3-5-14-15)11(13)8-10-4-7-16-9-10/h3,5,10-11H,2,4,6-9,13H2,1H3. The van der Waals surface area contributed by atoms with Crippen molar-refractivity contribution in [2.45, 2.75) is 38.8 Å². The Balaban J connectivity index is 1.96. The molecule has 0 aliphatic carbocycles. The van der Waals surface area contributed by atoms with E-state index >= 15 is 0 Å². The topological polar surface area (TPSA) is 53.1 Å². The third-order valence-corrected chi connectivity index (χ3v) is 3.18.